The molecule has 0 spiro atoms. The van der Waals surface area contributed by atoms with Gasteiger partial charge in [0.05, 0.1) is 13.0 Å². The first-order valence-corrected chi connectivity index (χ1v) is 8.73. The predicted molar refractivity (Wildman–Crippen MR) is 101 cm³/mol. The van der Waals surface area contributed by atoms with Gasteiger partial charge in [-0.2, -0.15) is 0 Å². The van der Waals surface area contributed by atoms with E-state index >= 15 is 0 Å². The second-order valence-electron chi connectivity index (χ2n) is 6.90. The molecule has 1 aliphatic rings. The molecule has 5 heteroatoms. The molecule has 0 saturated carbocycles. The quantitative estimate of drug-likeness (QED) is 0.849. The molecule has 1 heterocycles. The van der Waals surface area contributed by atoms with Gasteiger partial charge in [-0.1, -0.05) is 26.0 Å². The number of ether oxygens (including phenoxy) is 1. The number of nitrogens with zero attached hydrogens (tertiary/aromatic N) is 1. The van der Waals surface area contributed by atoms with Gasteiger partial charge in [0.15, 0.2) is 0 Å². The summed E-state index contributed by atoms with van der Waals surface area (Å²) in [5, 5.41) is 0. The van der Waals surface area contributed by atoms with Crippen LogP contribution in [0.25, 0.3) is 0 Å². The zero-order valence-electron chi connectivity index (χ0n) is 15.0. The molecule has 0 bridgehead atoms. The number of carbonyl (C=O) groups excluding carboxylic acids is 1. The summed E-state index contributed by atoms with van der Waals surface area (Å²) in [5.74, 6) is 2.09. The number of benzene rings is 1. The van der Waals surface area contributed by atoms with Crippen molar-refractivity contribution < 1.29 is 9.53 Å². The van der Waals surface area contributed by atoms with Crippen LogP contribution in [0.3, 0.4) is 0 Å². The van der Waals surface area contributed by atoms with Gasteiger partial charge < -0.3 is 15.4 Å². The lowest BCUT2D eigenvalue weighted by atomic mass is 9.91. The molecule has 1 atom stereocenters. The van der Waals surface area contributed by atoms with Crippen molar-refractivity contribution in [1.82, 2.24) is 4.90 Å². The lowest BCUT2D eigenvalue weighted by Crippen LogP contribution is -2.42. The largest absolute Gasteiger partial charge is 0.493 e. The fourth-order valence-corrected chi connectivity index (χ4v) is 3.04. The molecule has 4 nitrogen and oxygen atoms in total. The Hall–Kier alpha value is -1.26. The molecule has 24 heavy (non-hydrogen) atoms. The highest BCUT2D eigenvalue weighted by atomic mass is 35.5. The van der Waals surface area contributed by atoms with E-state index in [0.29, 0.717) is 24.9 Å². The Labute approximate surface area is 152 Å². The van der Waals surface area contributed by atoms with Crippen molar-refractivity contribution in [2.24, 2.45) is 11.7 Å². The van der Waals surface area contributed by atoms with Crippen LogP contribution in [0, 0.1) is 5.92 Å². The number of rotatable bonds is 6. The molecule has 1 aromatic rings. The monoisotopic (exact) mass is 354 g/mol. The highest BCUT2D eigenvalue weighted by molar-refractivity contribution is 5.85. The highest BCUT2D eigenvalue weighted by Crippen LogP contribution is 2.21. The van der Waals surface area contributed by atoms with Crippen molar-refractivity contribution in [3.8, 4) is 5.75 Å². The van der Waals surface area contributed by atoms with Crippen molar-refractivity contribution in [1.29, 1.82) is 0 Å². The van der Waals surface area contributed by atoms with E-state index in [1.165, 1.54) is 5.56 Å². The van der Waals surface area contributed by atoms with Gasteiger partial charge in [0, 0.05) is 19.1 Å². The molecule has 0 aliphatic carbocycles. The Bertz CT molecular complexity index is 495. The topological polar surface area (TPSA) is 55.6 Å². The predicted octanol–water partition coefficient (Wildman–Crippen LogP) is 3.59. The van der Waals surface area contributed by atoms with E-state index in [0.717, 1.165) is 31.7 Å². The molecule has 1 saturated heterocycles. The molecule has 1 amide bonds. The van der Waals surface area contributed by atoms with Gasteiger partial charge in [0.1, 0.15) is 5.75 Å². The van der Waals surface area contributed by atoms with Crippen LogP contribution < -0.4 is 10.5 Å². The molecule has 1 aliphatic heterocycles. The van der Waals surface area contributed by atoms with Gasteiger partial charge in [0.25, 0.3) is 0 Å². The maximum Gasteiger partial charge on any atom is 0.225 e. The zero-order valence-corrected chi connectivity index (χ0v) is 15.8. The SMILES string of the molecule is CC(C)c1ccc(OCCC(=O)N2CCC(C(C)N)CC2)cc1.Cl. The van der Waals surface area contributed by atoms with Crippen molar-refractivity contribution >= 4 is 18.3 Å². The van der Waals surface area contributed by atoms with Gasteiger partial charge >= 0.3 is 0 Å². The summed E-state index contributed by atoms with van der Waals surface area (Å²) in [5.41, 5.74) is 7.24. The summed E-state index contributed by atoms with van der Waals surface area (Å²) < 4.78 is 5.69. The average Bonchev–Trinajstić information content (AvgIpc) is 2.55. The van der Waals surface area contributed by atoms with Crippen LogP contribution in [0.1, 0.15) is 51.5 Å². The summed E-state index contributed by atoms with van der Waals surface area (Å²) in [6.45, 7) is 8.49. The van der Waals surface area contributed by atoms with E-state index in [-0.39, 0.29) is 24.4 Å². The molecule has 1 fully saturated rings. The molecular formula is C19H31ClN2O2. The van der Waals surface area contributed by atoms with E-state index in [1.807, 2.05) is 17.0 Å². The summed E-state index contributed by atoms with van der Waals surface area (Å²) in [6, 6.07) is 8.35. The number of nitrogens with two attached hydrogens (primary N) is 1. The number of likely N-dealkylation sites (tertiary alicyclic amines) is 1. The first-order valence-electron chi connectivity index (χ1n) is 8.73. The molecule has 1 unspecified atom stereocenters. The van der Waals surface area contributed by atoms with E-state index < -0.39 is 0 Å². The third kappa shape index (κ3) is 5.99. The van der Waals surface area contributed by atoms with Crippen LogP contribution in [-0.4, -0.2) is 36.5 Å². The summed E-state index contributed by atoms with van der Waals surface area (Å²) in [6.07, 6.45) is 2.47. The van der Waals surface area contributed by atoms with Crippen LogP contribution in [0.5, 0.6) is 5.75 Å². The van der Waals surface area contributed by atoms with Crippen molar-refractivity contribution in [2.45, 2.75) is 52.0 Å². The van der Waals surface area contributed by atoms with Crippen LogP contribution >= 0.6 is 12.4 Å². The fourth-order valence-electron chi connectivity index (χ4n) is 3.04. The number of hydrogen-bond acceptors (Lipinski definition) is 3. The minimum atomic E-state index is 0. The van der Waals surface area contributed by atoms with Gasteiger partial charge in [-0.15, -0.1) is 12.4 Å². The number of amides is 1. The normalized spacial score (nSPS) is 16.6. The first kappa shape index (κ1) is 20.8. The minimum Gasteiger partial charge on any atom is -0.493 e. The van der Waals surface area contributed by atoms with Crippen molar-refractivity contribution in [2.75, 3.05) is 19.7 Å². The standard InChI is InChI=1S/C19H30N2O2.ClH/c1-14(2)16-4-6-18(7-5-16)23-13-10-19(22)21-11-8-17(9-12-21)15(3)20;/h4-7,14-15,17H,8-13,20H2,1-3H3;1H. The third-order valence-corrected chi connectivity index (χ3v) is 4.77. The van der Waals surface area contributed by atoms with E-state index in [1.54, 1.807) is 0 Å². The second kappa shape index (κ2) is 9.90. The van der Waals surface area contributed by atoms with Crippen LogP contribution in [-0.2, 0) is 4.79 Å². The summed E-state index contributed by atoms with van der Waals surface area (Å²) in [4.78, 5) is 14.2. The Morgan fingerprint density at radius 2 is 1.79 bits per heavy atom. The lowest BCUT2D eigenvalue weighted by molar-refractivity contribution is -0.133. The Kier molecular flexibility index (Phi) is 8.57. The van der Waals surface area contributed by atoms with E-state index in [2.05, 4.69) is 32.9 Å². The molecular weight excluding hydrogens is 324 g/mol. The lowest BCUT2D eigenvalue weighted by Gasteiger charge is -2.33. The third-order valence-electron chi connectivity index (χ3n) is 4.77. The van der Waals surface area contributed by atoms with Crippen molar-refractivity contribution in [3.63, 3.8) is 0 Å². The number of piperidine rings is 1. The Morgan fingerprint density at radius 1 is 1.21 bits per heavy atom. The molecule has 136 valence electrons. The maximum absolute atomic E-state index is 12.2. The second-order valence-corrected chi connectivity index (χ2v) is 6.90. The summed E-state index contributed by atoms with van der Waals surface area (Å²) >= 11 is 0. The highest BCUT2D eigenvalue weighted by Gasteiger charge is 2.24. The van der Waals surface area contributed by atoms with Gasteiger partial charge in [-0.3, -0.25) is 4.79 Å². The van der Waals surface area contributed by atoms with Gasteiger partial charge in [-0.25, -0.2) is 0 Å². The van der Waals surface area contributed by atoms with E-state index in [4.69, 9.17) is 10.5 Å². The number of halogens is 1. The molecule has 2 N–H and O–H groups in total. The molecule has 2 rings (SSSR count). The number of carbonyl (C=O) groups is 1. The van der Waals surface area contributed by atoms with Crippen LogP contribution in [0.2, 0.25) is 0 Å². The Morgan fingerprint density at radius 3 is 2.29 bits per heavy atom. The number of hydrogen-bond donors (Lipinski definition) is 1. The van der Waals surface area contributed by atoms with Crippen LogP contribution in [0.15, 0.2) is 24.3 Å². The van der Waals surface area contributed by atoms with Gasteiger partial charge in [-0.05, 0) is 49.3 Å². The molecule has 1 aromatic carbocycles. The van der Waals surface area contributed by atoms with E-state index in [9.17, 15) is 4.79 Å². The smallest absolute Gasteiger partial charge is 0.225 e. The summed E-state index contributed by atoms with van der Waals surface area (Å²) in [7, 11) is 0. The molecule has 0 radical (unpaired) electrons. The molecule has 0 aromatic heterocycles. The van der Waals surface area contributed by atoms with Gasteiger partial charge in [0.2, 0.25) is 5.91 Å². The Balaban J connectivity index is 0.00000288. The maximum atomic E-state index is 12.2. The van der Waals surface area contributed by atoms with Crippen molar-refractivity contribution in [3.05, 3.63) is 29.8 Å². The zero-order chi connectivity index (χ0) is 16.8. The fraction of sp³-hybridized carbons (Fsp3) is 0.632. The van der Waals surface area contributed by atoms with Crippen LogP contribution in [0.4, 0.5) is 0 Å². The average molecular weight is 355 g/mol. The minimum absolute atomic E-state index is 0. The first-order chi connectivity index (χ1) is 11.0.